The third-order valence-corrected chi connectivity index (χ3v) is 3.01. The van der Waals surface area contributed by atoms with Gasteiger partial charge in [-0.25, -0.2) is 0 Å². The summed E-state index contributed by atoms with van der Waals surface area (Å²) in [7, 11) is 1.52. The maximum Gasteiger partial charge on any atom is 0.172 e. The smallest absolute Gasteiger partial charge is 0.172 e. The summed E-state index contributed by atoms with van der Waals surface area (Å²) in [4.78, 5) is 0. The molecule has 0 spiro atoms. The first kappa shape index (κ1) is 9.66. The lowest BCUT2D eigenvalue weighted by Gasteiger charge is -2.10. The van der Waals surface area contributed by atoms with Crippen LogP contribution in [0.3, 0.4) is 0 Å². The van der Waals surface area contributed by atoms with Crippen LogP contribution in [0.5, 0.6) is 0 Å². The molecule has 5 heteroatoms. The molecule has 0 aliphatic carbocycles. The summed E-state index contributed by atoms with van der Waals surface area (Å²) in [6.45, 7) is -0.166. The van der Waals surface area contributed by atoms with E-state index >= 15 is 0 Å². The standard InChI is InChI=1S/C6H11IO4/c1-10-6-4(7)5(9)3(2-8)11-6/h3-6,8-9H,2H2,1H3. The van der Waals surface area contributed by atoms with E-state index in [1.807, 2.05) is 22.6 Å². The lowest BCUT2D eigenvalue weighted by Crippen LogP contribution is -2.30. The summed E-state index contributed by atoms with van der Waals surface area (Å²) in [5, 5.41) is 18.1. The van der Waals surface area contributed by atoms with E-state index in [0.717, 1.165) is 0 Å². The van der Waals surface area contributed by atoms with Gasteiger partial charge in [-0.05, 0) is 0 Å². The van der Waals surface area contributed by atoms with Crippen molar-refractivity contribution in [3.05, 3.63) is 0 Å². The zero-order chi connectivity index (χ0) is 8.43. The molecule has 4 unspecified atom stereocenters. The van der Waals surface area contributed by atoms with E-state index < -0.39 is 18.5 Å². The van der Waals surface area contributed by atoms with Gasteiger partial charge in [-0.1, -0.05) is 22.6 Å². The molecule has 4 nitrogen and oxygen atoms in total. The molecule has 1 heterocycles. The minimum Gasteiger partial charge on any atom is -0.394 e. The summed E-state index contributed by atoms with van der Waals surface area (Å²) in [6, 6.07) is 0. The van der Waals surface area contributed by atoms with Gasteiger partial charge in [-0.2, -0.15) is 0 Å². The Bertz CT molecular complexity index is 114. The molecule has 0 amide bonds. The van der Waals surface area contributed by atoms with Crippen molar-refractivity contribution in [2.24, 2.45) is 0 Å². The minimum absolute atomic E-state index is 0.102. The van der Waals surface area contributed by atoms with Crippen LogP contribution >= 0.6 is 22.6 Å². The molecule has 0 aromatic carbocycles. The number of methoxy groups -OCH3 is 1. The third kappa shape index (κ3) is 1.83. The Labute approximate surface area is 78.6 Å². The van der Waals surface area contributed by atoms with Gasteiger partial charge in [0, 0.05) is 7.11 Å². The number of hydrogen-bond donors (Lipinski definition) is 2. The predicted octanol–water partition coefficient (Wildman–Crippen LogP) is -0.486. The number of rotatable bonds is 2. The number of aliphatic hydroxyl groups excluding tert-OH is 2. The van der Waals surface area contributed by atoms with Gasteiger partial charge in [-0.15, -0.1) is 0 Å². The Hall–Kier alpha value is 0.570. The van der Waals surface area contributed by atoms with Gasteiger partial charge >= 0.3 is 0 Å². The molecule has 1 aliphatic heterocycles. The van der Waals surface area contributed by atoms with Crippen LogP contribution in [0.1, 0.15) is 0 Å². The highest BCUT2D eigenvalue weighted by Crippen LogP contribution is 2.27. The van der Waals surface area contributed by atoms with E-state index in [9.17, 15) is 5.11 Å². The van der Waals surface area contributed by atoms with Gasteiger partial charge in [0.15, 0.2) is 6.29 Å². The van der Waals surface area contributed by atoms with E-state index in [1.165, 1.54) is 7.11 Å². The molecular formula is C6H11IO4. The zero-order valence-electron chi connectivity index (χ0n) is 6.11. The molecule has 0 saturated carbocycles. The monoisotopic (exact) mass is 274 g/mol. The van der Waals surface area contributed by atoms with Crippen molar-refractivity contribution in [1.82, 2.24) is 0 Å². The van der Waals surface area contributed by atoms with Gasteiger partial charge in [0.2, 0.25) is 0 Å². The molecule has 1 rings (SSSR count). The fraction of sp³-hybridized carbons (Fsp3) is 1.00. The van der Waals surface area contributed by atoms with Crippen LogP contribution in [0.25, 0.3) is 0 Å². The topological polar surface area (TPSA) is 58.9 Å². The van der Waals surface area contributed by atoms with Crippen molar-refractivity contribution >= 4 is 22.6 Å². The van der Waals surface area contributed by atoms with Crippen LogP contribution in [-0.2, 0) is 9.47 Å². The highest BCUT2D eigenvalue weighted by molar-refractivity contribution is 14.1. The SMILES string of the molecule is COC1OC(CO)C(O)C1I. The molecule has 1 aliphatic rings. The van der Waals surface area contributed by atoms with Gasteiger partial charge in [0.1, 0.15) is 6.10 Å². The summed E-state index contributed by atoms with van der Waals surface area (Å²) in [5.74, 6) is 0. The first-order valence-electron chi connectivity index (χ1n) is 3.32. The average Bonchev–Trinajstić information content (AvgIpc) is 2.30. The van der Waals surface area contributed by atoms with E-state index in [4.69, 9.17) is 14.6 Å². The molecule has 4 atom stereocenters. The van der Waals surface area contributed by atoms with Gasteiger partial charge in [-0.3, -0.25) is 0 Å². The molecule has 2 N–H and O–H groups in total. The van der Waals surface area contributed by atoms with Crippen LogP contribution in [0.2, 0.25) is 0 Å². The van der Waals surface area contributed by atoms with Crippen molar-refractivity contribution in [2.75, 3.05) is 13.7 Å². The number of halogens is 1. The number of alkyl halides is 1. The second-order valence-corrected chi connectivity index (χ2v) is 3.83. The third-order valence-electron chi connectivity index (χ3n) is 1.69. The second-order valence-electron chi connectivity index (χ2n) is 2.40. The first-order valence-corrected chi connectivity index (χ1v) is 4.56. The maximum atomic E-state index is 9.39. The molecule has 1 saturated heterocycles. The Balaban J connectivity index is 2.53. The molecular weight excluding hydrogens is 263 g/mol. The van der Waals surface area contributed by atoms with Crippen LogP contribution in [0, 0.1) is 0 Å². The van der Waals surface area contributed by atoms with Crippen molar-refractivity contribution in [3.8, 4) is 0 Å². The molecule has 11 heavy (non-hydrogen) atoms. The molecule has 0 aromatic rings. The second kappa shape index (κ2) is 3.99. The summed E-state index contributed by atoms with van der Waals surface area (Å²) < 4.78 is 9.98. The normalized spacial score (nSPS) is 44.7. The molecule has 0 bridgehead atoms. The molecule has 66 valence electrons. The van der Waals surface area contributed by atoms with Crippen LogP contribution in [0.4, 0.5) is 0 Å². The zero-order valence-corrected chi connectivity index (χ0v) is 8.26. The Morgan fingerprint density at radius 1 is 1.64 bits per heavy atom. The summed E-state index contributed by atoms with van der Waals surface area (Å²) in [5.41, 5.74) is 0. The first-order chi connectivity index (χ1) is 5.20. The molecule has 0 aromatic heterocycles. The van der Waals surface area contributed by atoms with E-state index in [-0.39, 0.29) is 10.5 Å². The lowest BCUT2D eigenvalue weighted by atomic mass is 10.2. The van der Waals surface area contributed by atoms with Crippen molar-refractivity contribution in [3.63, 3.8) is 0 Å². The highest BCUT2D eigenvalue weighted by Gasteiger charge is 2.41. The fourth-order valence-corrected chi connectivity index (χ4v) is 1.96. The summed E-state index contributed by atoms with van der Waals surface area (Å²) in [6.07, 6.45) is -1.53. The molecule has 0 radical (unpaired) electrons. The van der Waals surface area contributed by atoms with Crippen LogP contribution < -0.4 is 0 Å². The molecule has 1 fully saturated rings. The number of hydrogen-bond acceptors (Lipinski definition) is 4. The largest absolute Gasteiger partial charge is 0.394 e. The van der Waals surface area contributed by atoms with E-state index in [2.05, 4.69) is 0 Å². The highest BCUT2D eigenvalue weighted by atomic mass is 127. The van der Waals surface area contributed by atoms with Gasteiger partial charge in [0.05, 0.1) is 16.6 Å². The van der Waals surface area contributed by atoms with E-state index in [1.54, 1.807) is 0 Å². The van der Waals surface area contributed by atoms with Gasteiger partial charge < -0.3 is 19.7 Å². The summed E-state index contributed by atoms with van der Waals surface area (Å²) >= 11 is 2.05. The van der Waals surface area contributed by atoms with Crippen LogP contribution in [-0.4, -0.2) is 46.4 Å². The Kier molecular flexibility index (Phi) is 3.51. The van der Waals surface area contributed by atoms with Crippen molar-refractivity contribution < 1.29 is 19.7 Å². The predicted molar refractivity (Wildman–Crippen MR) is 46.6 cm³/mol. The lowest BCUT2D eigenvalue weighted by molar-refractivity contribution is -0.124. The van der Waals surface area contributed by atoms with Crippen molar-refractivity contribution in [1.29, 1.82) is 0 Å². The van der Waals surface area contributed by atoms with E-state index in [0.29, 0.717) is 0 Å². The van der Waals surface area contributed by atoms with Crippen molar-refractivity contribution in [2.45, 2.75) is 22.4 Å². The quantitative estimate of drug-likeness (QED) is 0.527. The fourth-order valence-electron chi connectivity index (χ4n) is 1.03. The Morgan fingerprint density at radius 3 is 2.55 bits per heavy atom. The maximum absolute atomic E-state index is 9.39. The Morgan fingerprint density at radius 2 is 2.27 bits per heavy atom. The average molecular weight is 274 g/mol. The van der Waals surface area contributed by atoms with Gasteiger partial charge in [0.25, 0.3) is 0 Å². The van der Waals surface area contributed by atoms with Crippen LogP contribution in [0.15, 0.2) is 0 Å². The number of aliphatic hydroxyl groups is 2. The number of ether oxygens (including phenoxy) is 2. The minimum atomic E-state index is -0.634.